The van der Waals surface area contributed by atoms with Crippen LogP contribution in [0.4, 0.5) is 0 Å². The SMILES string of the molecule is CN(Cc1ccccc1)C(=O)CN1CC(O)CC1C(=O)O. The number of hydrogen-bond donors (Lipinski definition) is 2. The van der Waals surface area contributed by atoms with Gasteiger partial charge in [-0.05, 0) is 5.56 Å². The van der Waals surface area contributed by atoms with Crippen molar-refractivity contribution in [3.8, 4) is 0 Å². The number of rotatable bonds is 5. The Kier molecular flexibility index (Phi) is 4.93. The summed E-state index contributed by atoms with van der Waals surface area (Å²) in [7, 11) is 1.69. The molecule has 1 aromatic carbocycles. The fourth-order valence-corrected chi connectivity index (χ4v) is 2.55. The zero-order valence-corrected chi connectivity index (χ0v) is 12.0. The Labute approximate surface area is 123 Å². The number of benzene rings is 1. The summed E-state index contributed by atoms with van der Waals surface area (Å²) in [5.74, 6) is -1.15. The van der Waals surface area contributed by atoms with Gasteiger partial charge >= 0.3 is 5.97 Å². The van der Waals surface area contributed by atoms with E-state index in [0.717, 1.165) is 5.56 Å². The number of aliphatic hydroxyl groups excluding tert-OH is 1. The second kappa shape index (κ2) is 6.69. The Morgan fingerprint density at radius 1 is 1.33 bits per heavy atom. The number of likely N-dealkylation sites (tertiary alicyclic amines) is 1. The number of aliphatic hydroxyl groups is 1. The van der Waals surface area contributed by atoms with Crippen LogP contribution in [0, 0.1) is 0 Å². The predicted octanol–water partition coefficient (Wildman–Crippen LogP) is 0.165. The van der Waals surface area contributed by atoms with Gasteiger partial charge in [0.2, 0.25) is 5.91 Å². The van der Waals surface area contributed by atoms with E-state index in [4.69, 9.17) is 5.11 Å². The minimum Gasteiger partial charge on any atom is -0.480 e. The molecular weight excluding hydrogens is 272 g/mol. The fourth-order valence-electron chi connectivity index (χ4n) is 2.55. The quantitative estimate of drug-likeness (QED) is 0.808. The molecule has 0 spiro atoms. The molecule has 1 aliphatic rings. The standard InChI is InChI=1S/C15H20N2O4/c1-16(8-11-5-3-2-4-6-11)14(19)10-17-9-12(18)7-13(17)15(20)21/h2-6,12-13,18H,7-10H2,1H3,(H,20,21). The van der Waals surface area contributed by atoms with E-state index in [-0.39, 0.29) is 25.4 Å². The summed E-state index contributed by atoms with van der Waals surface area (Å²) in [6.45, 7) is 0.715. The van der Waals surface area contributed by atoms with Gasteiger partial charge in [0.05, 0.1) is 12.6 Å². The smallest absolute Gasteiger partial charge is 0.321 e. The summed E-state index contributed by atoms with van der Waals surface area (Å²) in [6.07, 6.45) is -0.510. The first-order valence-corrected chi connectivity index (χ1v) is 6.90. The van der Waals surface area contributed by atoms with E-state index >= 15 is 0 Å². The number of nitrogens with zero attached hydrogens (tertiary/aromatic N) is 2. The first-order chi connectivity index (χ1) is 9.97. The zero-order chi connectivity index (χ0) is 15.4. The molecule has 2 atom stereocenters. The Hall–Kier alpha value is -1.92. The second-order valence-corrected chi connectivity index (χ2v) is 5.41. The average molecular weight is 292 g/mol. The van der Waals surface area contributed by atoms with Gasteiger partial charge < -0.3 is 15.1 Å². The summed E-state index contributed by atoms with van der Waals surface area (Å²) in [5, 5.41) is 18.7. The van der Waals surface area contributed by atoms with E-state index in [1.165, 1.54) is 4.90 Å². The number of carbonyl (C=O) groups is 2. The van der Waals surface area contributed by atoms with Gasteiger partial charge in [0.15, 0.2) is 0 Å². The summed E-state index contributed by atoms with van der Waals surface area (Å²) < 4.78 is 0. The first kappa shape index (κ1) is 15.5. The van der Waals surface area contributed by atoms with Crippen molar-refractivity contribution in [2.24, 2.45) is 0 Å². The number of carboxylic acids is 1. The Balaban J connectivity index is 1.92. The van der Waals surface area contributed by atoms with Gasteiger partial charge in [-0.2, -0.15) is 0 Å². The van der Waals surface area contributed by atoms with E-state index in [1.807, 2.05) is 30.3 Å². The summed E-state index contributed by atoms with van der Waals surface area (Å²) in [5.41, 5.74) is 1.02. The highest BCUT2D eigenvalue weighted by atomic mass is 16.4. The molecule has 1 amide bonds. The van der Waals surface area contributed by atoms with Crippen LogP contribution in [0.15, 0.2) is 30.3 Å². The molecule has 21 heavy (non-hydrogen) atoms. The van der Waals surface area contributed by atoms with Crippen molar-refractivity contribution in [1.29, 1.82) is 0 Å². The summed E-state index contributed by atoms with van der Waals surface area (Å²) in [6, 6.07) is 8.81. The molecule has 0 radical (unpaired) electrons. The third-order valence-corrected chi connectivity index (χ3v) is 3.69. The minimum atomic E-state index is -0.995. The van der Waals surface area contributed by atoms with E-state index in [1.54, 1.807) is 11.9 Å². The molecule has 1 aromatic rings. The highest BCUT2D eigenvalue weighted by Gasteiger charge is 2.37. The number of hydrogen-bond acceptors (Lipinski definition) is 4. The van der Waals surface area contributed by atoms with E-state index in [9.17, 15) is 14.7 Å². The molecular formula is C15H20N2O4. The number of aliphatic carboxylic acids is 1. The highest BCUT2D eigenvalue weighted by molar-refractivity contribution is 5.80. The van der Waals surface area contributed by atoms with Gasteiger partial charge in [-0.15, -0.1) is 0 Å². The van der Waals surface area contributed by atoms with E-state index in [0.29, 0.717) is 6.54 Å². The molecule has 0 saturated carbocycles. The van der Waals surface area contributed by atoms with Crippen LogP contribution in [0.5, 0.6) is 0 Å². The molecule has 0 aromatic heterocycles. The summed E-state index contributed by atoms with van der Waals surface area (Å²) in [4.78, 5) is 26.4. The van der Waals surface area contributed by atoms with Gasteiger partial charge in [0.1, 0.15) is 6.04 Å². The van der Waals surface area contributed by atoms with Crippen molar-refractivity contribution in [2.45, 2.75) is 25.1 Å². The van der Waals surface area contributed by atoms with Crippen LogP contribution in [0.1, 0.15) is 12.0 Å². The molecule has 2 rings (SSSR count). The second-order valence-electron chi connectivity index (χ2n) is 5.41. The number of carboxylic acid groups (broad SMARTS) is 1. The highest BCUT2D eigenvalue weighted by Crippen LogP contribution is 2.18. The molecule has 1 aliphatic heterocycles. The Bertz CT molecular complexity index is 506. The van der Waals surface area contributed by atoms with Crippen LogP contribution >= 0.6 is 0 Å². The van der Waals surface area contributed by atoms with Crippen LogP contribution in [-0.2, 0) is 16.1 Å². The lowest BCUT2D eigenvalue weighted by Gasteiger charge is -2.24. The van der Waals surface area contributed by atoms with Crippen molar-refractivity contribution in [3.63, 3.8) is 0 Å². The lowest BCUT2D eigenvalue weighted by Crippen LogP contribution is -2.43. The fraction of sp³-hybridized carbons (Fsp3) is 0.467. The largest absolute Gasteiger partial charge is 0.480 e. The molecule has 1 fully saturated rings. The number of likely N-dealkylation sites (N-methyl/N-ethyl adjacent to an activating group) is 1. The normalized spacial score (nSPS) is 22.2. The molecule has 6 heteroatoms. The van der Waals surface area contributed by atoms with Crippen LogP contribution < -0.4 is 0 Å². The van der Waals surface area contributed by atoms with Gasteiger partial charge in [-0.25, -0.2) is 0 Å². The van der Waals surface area contributed by atoms with Crippen LogP contribution in [0.2, 0.25) is 0 Å². The zero-order valence-electron chi connectivity index (χ0n) is 12.0. The van der Waals surface area contributed by atoms with Crippen molar-refractivity contribution >= 4 is 11.9 Å². The first-order valence-electron chi connectivity index (χ1n) is 6.90. The number of amides is 1. The van der Waals surface area contributed by atoms with E-state index in [2.05, 4.69) is 0 Å². The molecule has 2 N–H and O–H groups in total. The molecule has 6 nitrogen and oxygen atoms in total. The maximum absolute atomic E-state index is 12.2. The van der Waals surface area contributed by atoms with E-state index < -0.39 is 18.1 Å². The minimum absolute atomic E-state index is 0.0113. The lowest BCUT2D eigenvalue weighted by atomic mass is 10.2. The van der Waals surface area contributed by atoms with Crippen LogP contribution in [0.3, 0.4) is 0 Å². The maximum Gasteiger partial charge on any atom is 0.321 e. The molecule has 0 aliphatic carbocycles. The Morgan fingerprint density at radius 2 is 2.00 bits per heavy atom. The van der Waals surface area contributed by atoms with Gasteiger partial charge in [0.25, 0.3) is 0 Å². The number of carbonyl (C=O) groups excluding carboxylic acids is 1. The predicted molar refractivity (Wildman–Crippen MR) is 76.5 cm³/mol. The topological polar surface area (TPSA) is 81.1 Å². The third-order valence-electron chi connectivity index (χ3n) is 3.69. The lowest BCUT2D eigenvalue weighted by molar-refractivity contribution is -0.143. The molecule has 2 unspecified atom stereocenters. The van der Waals surface area contributed by atoms with Gasteiger partial charge in [-0.1, -0.05) is 30.3 Å². The molecule has 0 bridgehead atoms. The van der Waals surface area contributed by atoms with Crippen molar-refractivity contribution < 1.29 is 19.8 Å². The third kappa shape index (κ3) is 4.03. The van der Waals surface area contributed by atoms with Crippen molar-refractivity contribution in [2.75, 3.05) is 20.1 Å². The molecule has 1 saturated heterocycles. The molecule has 1 heterocycles. The maximum atomic E-state index is 12.2. The van der Waals surface area contributed by atoms with Crippen molar-refractivity contribution in [3.05, 3.63) is 35.9 Å². The average Bonchev–Trinajstić information content (AvgIpc) is 2.81. The van der Waals surface area contributed by atoms with Crippen LogP contribution in [-0.4, -0.2) is 64.2 Å². The van der Waals surface area contributed by atoms with Gasteiger partial charge in [-0.3, -0.25) is 14.5 Å². The Morgan fingerprint density at radius 3 is 2.62 bits per heavy atom. The molecule has 114 valence electrons. The number of β-amino-alcohol motifs (C(OH)–C–C–N with tert-alkyl or cyclic N) is 1. The van der Waals surface area contributed by atoms with Crippen LogP contribution in [0.25, 0.3) is 0 Å². The van der Waals surface area contributed by atoms with Crippen molar-refractivity contribution in [1.82, 2.24) is 9.80 Å². The van der Waals surface area contributed by atoms with Gasteiger partial charge in [0, 0.05) is 26.6 Å². The monoisotopic (exact) mass is 292 g/mol. The summed E-state index contributed by atoms with van der Waals surface area (Å²) >= 11 is 0.